The quantitative estimate of drug-likeness (QED) is 0.677. The maximum atomic E-state index is 12.7. The third-order valence-electron chi connectivity index (χ3n) is 7.73. The zero-order valence-electron chi connectivity index (χ0n) is 19.8. The van der Waals surface area contributed by atoms with Gasteiger partial charge in [0, 0.05) is 88.5 Å². The summed E-state index contributed by atoms with van der Waals surface area (Å²) in [5.74, 6) is 0.382. The summed E-state index contributed by atoms with van der Waals surface area (Å²) in [6, 6.07) is 8.88. The number of likely N-dealkylation sites (N-methyl/N-ethyl adjacent to an activating group) is 1. The SMILES string of the molecule is CN1CCN(C(=O)CCC2CNC(=O)C3CC(NCc4cn(C)c5ccccc45)CN23)CC1. The Morgan fingerprint density at radius 2 is 1.94 bits per heavy atom. The lowest BCUT2D eigenvalue weighted by Crippen LogP contribution is -2.58. The molecule has 2 aromatic rings. The number of piperazine rings is 2. The highest BCUT2D eigenvalue weighted by Crippen LogP contribution is 2.27. The van der Waals surface area contributed by atoms with Crippen molar-refractivity contribution < 1.29 is 9.59 Å². The molecule has 2 N–H and O–H groups in total. The Bertz CT molecular complexity index is 1010. The number of amides is 2. The molecule has 3 unspecified atom stereocenters. The number of rotatable bonds is 6. The van der Waals surface area contributed by atoms with Crippen molar-refractivity contribution in [1.29, 1.82) is 0 Å². The fraction of sp³-hybridized carbons (Fsp3) is 0.600. The molecule has 4 heterocycles. The minimum Gasteiger partial charge on any atom is -0.353 e. The van der Waals surface area contributed by atoms with E-state index in [9.17, 15) is 9.59 Å². The largest absolute Gasteiger partial charge is 0.353 e. The standard InChI is InChI=1S/C25H36N6O2/c1-28-9-11-30(12-10-28)24(32)8-7-20-15-27-25(33)23-13-19(17-31(20)23)26-14-18-16-29(2)22-6-4-3-5-21(18)22/h3-6,16,19-20,23,26H,7-15,17H2,1-2H3,(H,27,33). The first kappa shape index (κ1) is 22.4. The zero-order valence-corrected chi connectivity index (χ0v) is 19.8. The van der Waals surface area contributed by atoms with E-state index < -0.39 is 0 Å². The Morgan fingerprint density at radius 3 is 2.76 bits per heavy atom. The first-order chi connectivity index (χ1) is 16.0. The smallest absolute Gasteiger partial charge is 0.237 e. The van der Waals surface area contributed by atoms with Crippen LogP contribution in [0.1, 0.15) is 24.8 Å². The van der Waals surface area contributed by atoms with Crippen LogP contribution in [0.4, 0.5) is 0 Å². The Balaban J connectivity index is 1.17. The average molecular weight is 453 g/mol. The predicted molar refractivity (Wildman–Crippen MR) is 129 cm³/mol. The van der Waals surface area contributed by atoms with Crippen molar-refractivity contribution in [2.45, 2.75) is 43.9 Å². The first-order valence-electron chi connectivity index (χ1n) is 12.3. The molecule has 3 aliphatic rings. The van der Waals surface area contributed by atoms with Crippen LogP contribution in [0, 0.1) is 0 Å². The molecule has 0 spiro atoms. The number of para-hydroxylation sites is 1. The van der Waals surface area contributed by atoms with Gasteiger partial charge in [-0.15, -0.1) is 0 Å². The summed E-state index contributed by atoms with van der Waals surface area (Å²) in [5.41, 5.74) is 2.53. The van der Waals surface area contributed by atoms with Gasteiger partial charge in [0.1, 0.15) is 0 Å². The molecule has 3 atom stereocenters. The van der Waals surface area contributed by atoms with Crippen molar-refractivity contribution in [2.24, 2.45) is 7.05 Å². The van der Waals surface area contributed by atoms with E-state index in [4.69, 9.17) is 0 Å². The summed E-state index contributed by atoms with van der Waals surface area (Å²) in [6.07, 6.45) is 4.37. The number of carbonyl (C=O) groups excluding carboxylic acids is 2. The number of hydrogen-bond donors (Lipinski definition) is 2. The van der Waals surface area contributed by atoms with Gasteiger partial charge in [-0.2, -0.15) is 0 Å². The Labute approximate surface area is 195 Å². The molecule has 178 valence electrons. The van der Waals surface area contributed by atoms with E-state index >= 15 is 0 Å². The third-order valence-corrected chi connectivity index (χ3v) is 7.73. The number of hydrogen-bond acceptors (Lipinski definition) is 5. The second-order valence-corrected chi connectivity index (χ2v) is 9.93. The van der Waals surface area contributed by atoms with Crippen LogP contribution in [0.2, 0.25) is 0 Å². The van der Waals surface area contributed by atoms with Gasteiger partial charge in [-0.3, -0.25) is 14.5 Å². The number of nitrogens with one attached hydrogen (secondary N) is 2. The summed E-state index contributed by atoms with van der Waals surface area (Å²) in [4.78, 5) is 31.9. The highest BCUT2D eigenvalue weighted by atomic mass is 16.2. The van der Waals surface area contributed by atoms with Gasteiger partial charge in [0.2, 0.25) is 11.8 Å². The van der Waals surface area contributed by atoms with Crippen LogP contribution < -0.4 is 10.6 Å². The summed E-state index contributed by atoms with van der Waals surface area (Å²) in [7, 11) is 4.19. The zero-order chi connectivity index (χ0) is 22.9. The van der Waals surface area contributed by atoms with Crippen LogP contribution in [0.3, 0.4) is 0 Å². The third kappa shape index (κ3) is 4.65. The number of nitrogens with zero attached hydrogens (tertiary/aromatic N) is 4. The molecule has 3 saturated heterocycles. The lowest BCUT2D eigenvalue weighted by Gasteiger charge is -2.38. The number of carbonyl (C=O) groups is 2. The molecule has 2 amide bonds. The van der Waals surface area contributed by atoms with Gasteiger partial charge in [0.05, 0.1) is 6.04 Å². The summed E-state index contributed by atoms with van der Waals surface area (Å²) >= 11 is 0. The molecule has 0 bridgehead atoms. The number of aromatic nitrogens is 1. The van der Waals surface area contributed by atoms with E-state index in [-0.39, 0.29) is 29.9 Å². The van der Waals surface area contributed by atoms with Gasteiger partial charge < -0.3 is 25.0 Å². The van der Waals surface area contributed by atoms with Crippen molar-refractivity contribution in [1.82, 2.24) is 29.9 Å². The van der Waals surface area contributed by atoms with Crippen molar-refractivity contribution in [3.63, 3.8) is 0 Å². The van der Waals surface area contributed by atoms with Gasteiger partial charge in [0.15, 0.2) is 0 Å². The normalized spacial score (nSPS) is 26.5. The molecular weight excluding hydrogens is 416 g/mol. The minimum atomic E-state index is -0.0903. The first-order valence-corrected chi connectivity index (χ1v) is 12.3. The lowest BCUT2D eigenvalue weighted by molar-refractivity contribution is -0.133. The molecule has 0 aliphatic carbocycles. The second-order valence-electron chi connectivity index (χ2n) is 9.93. The molecule has 1 aromatic heterocycles. The summed E-state index contributed by atoms with van der Waals surface area (Å²) in [6.45, 7) is 5.83. The van der Waals surface area contributed by atoms with Gasteiger partial charge in [0.25, 0.3) is 0 Å². The summed E-state index contributed by atoms with van der Waals surface area (Å²) < 4.78 is 2.17. The van der Waals surface area contributed by atoms with Crippen LogP contribution in [-0.2, 0) is 23.2 Å². The molecule has 5 rings (SSSR count). The molecule has 3 fully saturated rings. The van der Waals surface area contributed by atoms with Gasteiger partial charge >= 0.3 is 0 Å². The highest BCUT2D eigenvalue weighted by Gasteiger charge is 2.43. The van der Waals surface area contributed by atoms with Crippen molar-refractivity contribution >= 4 is 22.7 Å². The average Bonchev–Trinajstić information content (AvgIpc) is 3.40. The van der Waals surface area contributed by atoms with Crippen LogP contribution in [0.25, 0.3) is 10.9 Å². The van der Waals surface area contributed by atoms with Crippen molar-refractivity contribution in [2.75, 3.05) is 46.3 Å². The maximum absolute atomic E-state index is 12.7. The molecule has 8 nitrogen and oxygen atoms in total. The number of benzene rings is 1. The molecule has 0 radical (unpaired) electrons. The number of fused-ring (bicyclic) bond motifs is 2. The molecule has 8 heteroatoms. The second kappa shape index (κ2) is 9.44. The van der Waals surface area contributed by atoms with Crippen molar-refractivity contribution in [3.8, 4) is 0 Å². The van der Waals surface area contributed by atoms with E-state index in [0.29, 0.717) is 13.0 Å². The maximum Gasteiger partial charge on any atom is 0.237 e. The fourth-order valence-corrected chi connectivity index (χ4v) is 5.72. The van der Waals surface area contributed by atoms with E-state index in [1.54, 1.807) is 0 Å². The van der Waals surface area contributed by atoms with E-state index in [0.717, 1.165) is 52.1 Å². The summed E-state index contributed by atoms with van der Waals surface area (Å²) in [5, 5.41) is 8.08. The molecule has 3 aliphatic heterocycles. The van der Waals surface area contributed by atoms with Crippen LogP contribution >= 0.6 is 0 Å². The highest BCUT2D eigenvalue weighted by molar-refractivity contribution is 5.84. The molecule has 33 heavy (non-hydrogen) atoms. The minimum absolute atomic E-state index is 0.0903. The van der Waals surface area contributed by atoms with Crippen LogP contribution in [0.5, 0.6) is 0 Å². The van der Waals surface area contributed by atoms with Gasteiger partial charge in [-0.25, -0.2) is 0 Å². The van der Waals surface area contributed by atoms with Crippen LogP contribution in [-0.4, -0.2) is 95.5 Å². The van der Waals surface area contributed by atoms with E-state index in [2.05, 4.69) is 69.6 Å². The predicted octanol–water partition coefficient (Wildman–Crippen LogP) is 0.763. The van der Waals surface area contributed by atoms with E-state index in [1.165, 1.54) is 16.5 Å². The molecular formula is C25H36N6O2. The van der Waals surface area contributed by atoms with Crippen molar-refractivity contribution in [3.05, 3.63) is 36.0 Å². The Morgan fingerprint density at radius 1 is 1.15 bits per heavy atom. The molecule has 0 saturated carbocycles. The monoisotopic (exact) mass is 452 g/mol. The fourth-order valence-electron chi connectivity index (χ4n) is 5.72. The van der Waals surface area contributed by atoms with Gasteiger partial charge in [-0.1, -0.05) is 18.2 Å². The van der Waals surface area contributed by atoms with Gasteiger partial charge in [-0.05, 0) is 31.5 Å². The van der Waals surface area contributed by atoms with E-state index in [1.807, 2.05) is 4.90 Å². The Kier molecular flexibility index (Phi) is 6.40. The lowest BCUT2D eigenvalue weighted by atomic mass is 10.0. The molecule has 1 aromatic carbocycles. The van der Waals surface area contributed by atoms with Crippen LogP contribution in [0.15, 0.2) is 30.5 Å². The Hall–Kier alpha value is -2.42. The topological polar surface area (TPSA) is 72.8 Å². The number of aryl methyl sites for hydroxylation is 1.